The molecule has 0 unspecified atom stereocenters. The van der Waals surface area contributed by atoms with Gasteiger partial charge in [0.05, 0.1) is 5.69 Å². The van der Waals surface area contributed by atoms with Gasteiger partial charge in [-0.1, -0.05) is 10.6 Å². The number of aryl methyl sites for hydroxylation is 1. The molecule has 2 heterocycles. The first-order valence-corrected chi connectivity index (χ1v) is 6.94. The summed E-state index contributed by atoms with van der Waals surface area (Å²) in [6, 6.07) is 4.21. The molecule has 0 aliphatic heterocycles. The molecule has 0 aliphatic rings. The molecule has 1 N–H and O–H groups in total. The van der Waals surface area contributed by atoms with Crippen molar-refractivity contribution in [2.45, 2.75) is 26.3 Å². The number of thiophene rings is 1. The average Bonchev–Trinajstić information content (AvgIpc) is 2.88. The van der Waals surface area contributed by atoms with Crippen molar-refractivity contribution in [2.75, 3.05) is 0 Å². The summed E-state index contributed by atoms with van der Waals surface area (Å²) < 4.78 is 3.76. The van der Waals surface area contributed by atoms with Crippen molar-refractivity contribution in [3.8, 4) is 0 Å². The maximum Gasteiger partial charge on any atom is 0.265 e. The number of amides is 1. The van der Waals surface area contributed by atoms with Crippen molar-refractivity contribution in [3.05, 3.63) is 33.0 Å². The minimum Gasteiger partial charge on any atom is -0.348 e. The Labute approximate surface area is 108 Å². The van der Waals surface area contributed by atoms with Gasteiger partial charge in [0.15, 0.2) is 0 Å². The summed E-state index contributed by atoms with van der Waals surface area (Å²) >= 11 is 2.84. The van der Waals surface area contributed by atoms with Crippen molar-refractivity contribution < 1.29 is 4.79 Å². The van der Waals surface area contributed by atoms with E-state index in [0.29, 0.717) is 10.6 Å². The number of hydrogen-bond donors (Lipinski definition) is 1. The van der Waals surface area contributed by atoms with Crippen LogP contribution in [0, 0.1) is 6.92 Å². The van der Waals surface area contributed by atoms with E-state index in [2.05, 4.69) is 21.0 Å². The third kappa shape index (κ3) is 3.10. The van der Waals surface area contributed by atoms with Gasteiger partial charge in [0.1, 0.15) is 4.88 Å². The van der Waals surface area contributed by atoms with E-state index in [1.54, 1.807) is 18.3 Å². The van der Waals surface area contributed by atoms with E-state index in [9.17, 15) is 4.79 Å². The molecular formula is C11H13N3OS2. The highest BCUT2D eigenvalue weighted by Gasteiger charge is 2.15. The van der Waals surface area contributed by atoms with Crippen LogP contribution >= 0.6 is 22.9 Å². The second-order valence-corrected chi connectivity index (χ2v) is 5.63. The first kappa shape index (κ1) is 12.2. The highest BCUT2D eigenvalue weighted by molar-refractivity contribution is 7.09. The normalized spacial score (nSPS) is 12.4. The second kappa shape index (κ2) is 5.37. The van der Waals surface area contributed by atoms with Crippen LogP contribution in [0.15, 0.2) is 17.5 Å². The molecule has 2 aromatic rings. The van der Waals surface area contributed by atoms with Gasteiger partial charge in [-0.05, 0) is 36.8 Å². The van der Waals surface area contributed by atoms with Crippen LogP contribution in [0.4, 0.5) is 0 Å². The largest absolute Gasteiger partial charge is 0.348 e. The minimum atomic E-state index is -0.0819. The second-order valence-electron chi connectivity index (χ2n) is 3.85. The molecule has 0 saturated heterocycles. The van der Waals surface area contributed by atoms with Gasteiger partial charge in [0.25, 0.3) is 5.91 Å². The Morgan fingerprint density at radius 1 is 1.59 bits per heavy atom. The quantitative estimate of drug-likeness (QED) is 0.924. The number of aromatic nitrogens is 2. The lowest BCUT2D eigenvalue weighted by atomic mass is 10.2. The van der Waals surface area contributed by atoms with Gasteiger partial charge >= 0.3 is 0 Å². The topological polar surface area (TPSA) is 54.9 Å². The number of hydrogen-bond acceptors (Lipinski definition) is 5. The Balaban J connectivity index is 1.93. The number of carbonyl (C=O) groups excluding carboxylic acids is 1. The molecule has 17 heavy (non-hydrogen) atoms. The monoisotopic (exact) mass is 267 g/mol. The standard InChI is InChI=1S/C11H13N3OS2/c1-7(6-9-4-3-5-16-9)12-11(15)10-8(2)13-14-17-10/h3-5,7H,6H2,1-2H3,(H,12,15)/t7-/m0/s1. The van der Waals surface area contributed by atoms with Crippen LogP contribution in [0.5, 0.6) is 0 Å². The third-order valence-corrected chi connectivity index (χ3v) is 4.05. The summed E-state index contributed by atoms with van der Waals surface area (Å²) in [7, 11) is 0. The molecule has 2 aromatic heterocycles. The van der Waals surface area contributed by atoms with Crippen molar-refractivity contribution in [1.29, 1.82) is 0 Å². The number of carbonyl (C=O) groups is 1. The molecule has 0 fully saturated rings. The number of nitrogens with one attached hydrogen (secondary N) is 1. The minimum absolute atomic E-state index is 0.0819. The zero-order valence-electron chi connectivity index (χ0n) is 9.64. The third-order valence-electron chi connectivity index (χ3n) is 2.32. The fraction of sp³-hybridized carbons (Fsp3) is 0.364. The van der Waals surface area contributed by atoms with Crippen molar-refractivity contribution >= 4 is 28.8 Å². The van der Waals surface area contributed by atoms with Gasteiger partial charge in [-0.25, -0.2) is 0 Å². The van der Waals surface area contributed by atoms with Crippen molar-refractivity contribution in [2.24, 2.45) is 0 Å². The summed E-state index contributed by atoms with van der Waals surface area (Å²) in [5, 5.41) is 8.83. The van der Waals surface area contributed by atoms with E-state index in [4.69, 9.17) is 0 Å². The first-order valence-electron chi connectivity index (χ1n) is 5.29. The molecule has 6 heteroatoms. The molecule has 0 radical (unpaired) electrons. The Morgan fingerprint density at radius 2 is 2.41 bits per heavy atom. The predicted octanol–water partition coefficient (Wildman–Crippen LogP) is 2.27. The number of nitrogens with zero attached hydrogens (tertiary/aromatic N) is 2. The van der Waals surface area contributed by atoms with Gasteiger partial charge in [-0.3, -0.25) is 4.79 Å². The Bertz CT molecular complexity index is 493. The zero-order chi connectivity index (χ0) is 12.3. The highest BCUT2D eigenvalue weighted by Crippen LogP contribution is 2.12. The Hall–Kier alpha value is -1.27. The van der Waals surface area contributed by atoms with Crippen molar-refractivity contribution in [3.63, 3.8) is 0 Å². The summed E-state index contributed by atoms with van der Waals surface area (Å²) in [5.41, 5.74) is 0.691. The lowest BCUT2D eigenvalue weighted by Gasteiger charge is -2.11. The lowest BCUT2D eigenvalue weighted by Crippen LogP contribution is -2.33. The molecule has 0 bridgehead atoms. The molecule has 0 aliphatic carbocycles. The fourth-order valence-electron chi connectivity index (χ4n) is 1.51. The lowest BCUT2D eigenvalue weighted by molar-refractivity contribution is 0.0943. The highest BCUT2D eigenvalue weighted by atomic mass is 32.1. The first-order chi connectivity index (χ1) is 8.16. The molecule has 2 rings (SSSR count). The average molecular weight is 267 g/mol. The summed E-state index contributed by atoms with van der Waals surface area (Å²) in [6.07, 6.45) is 0.856. The van der Waals surface area contributed by atoms with Gasteiger partial charge < -0.3 is 5.32 Å². The van der Waals surface area contributed by atoms with E-state index in [-0.39, 0.29) is 11.9 Å². The molecule has 4 nitrogen and oxygen atoms in total. The molecule has 0 aromatic carbocycles. The van der Waals surface area contributed by atoms with Crippen LogP contribution in [-0.4, -0.2) is 21.5 Å². The molecule has 1 atom stereocenters. The zero-order valence-corrected chi connectivity index (χ0v) is 11.3. The Kier molecular flexibility index (Phi) is 3.86. The summed E-state index contributed by atoms with van der Waals surface area (Å²) in [5.74, 6) is -0.0819. The van der Waals surface area contributed by atoms with Crippen molar-refractivity contribution in [1.82, 2.24) is 14.9 Å². The Morgan fingerprint density at radius 3 is 3.00 bits per heavy atom. The predicted molar refractivity (Wildman–Crippen MR) is 69.6 cm³/mol. The maximum atomic E-state index is 11.9. The van der Waals surface area contributed by atoms with E-state index in [1.165, 1.54) is 4.88 Å². The molecule has 90 valence electrons. The van der Waals surface area contributed by atoms with Crippen LogP contribution < -0.4 is 5.32 Å². The fourth-order valence-corrected chi connectivity index (χ4v) is 2.91. The summed E-state index contributed by atoms with van der Waals surface area (Å²) in [6.45, 7) is 3.80. The van der Waals surface area contributed by atoms with E-state index in [1.807, 2.05) is 18.4 Å². The summed E-state index contributed by atoms with van der Waals surface area (Å²) in [4.78, 5) is 13.8. The van der Waals surface area contributed by atoms with Crippen LogP contribution in [-0.2, 0) is 6.42 Å². The maximum absolute atomic E-state index is 11.9. The molecule has 1 amide bonds. The van der Waals surface area contributed by atoms with Gasteiger partial charge in [-0.15, -0.1) is 16.4 Å². The van der Waals surface area contributed by atoms with E-state index in [0.717, 1.165) is 18.0 Å². The van der Waals surface area contributed by atoms with Gasteiger partial charge in [0, 0.05) is 17.3 Å². The van der Waals surface area contributed by atoms with E-state index < -0.39 is 0 Å². The van der Waals surface area contributed by atoms with Crippen LogP contribution in [0.2, 0.25) is 0 Å². The molecule has 0 saturated carbocycles. The van der Waals surface area contributed by atoms with Crippen LogP contribution in [0.3, 0.4) is 0 Å². The van der Waals surface area contributed by atoms with Crippen LogP contribution in [0.1, 0.15) is 27.2 Å². The smallest absolute Gasteiger partial charge is 0.265 e. The SMILES string of the molecule is Cc1nnsc1C(=O)N[C@@H](C)Cc1cccs1. The molecule has 0 spiro atoms. The van der Waals surface area contributed by atoms with Gasteiger partial charge in [-0.2, -0.15) is 0 Å². The van der Waals surface area contributed by atoms with Crippen LogP contribution in [0.25, 0.3) is 0 Å². The van der Waals surface area contributed by atoms with E-state index >= 15 is 0 Å². The van der Waals surface area contributed by atoms with Gasteiger partial charge in [0.2, 0.25) is 0 Å². The molecular weight excluding hydrogens is 254 g/mol. The number of rotatable bonds is 4.